The molecule has 2 saturated heterocycles. The van der Waals surface area contributed by atoms with Gasteiger partial charge in [-0.1, -0.05) is 6.07 Å². The molecule has 4 rings (SSSR count). The van der Waals surface area contributed by atoms with E-state index in [-0.39, 0.29) is 5.79 Å². The lowest BCUT2D eigenvalue weighted by Crippen LogP contribution is -2.36. The molecular weight excluding hydrogens is 370 g/mol. The summed E-state index contributed by atoms with van der Waals surface area (Å²) in [5.41, 5.74) is 10.0. The topological polar surface area (TPSA) is 79.1 Å². The highest BCUT2D eigenvalue weighted by Gasteiger charge is 2.23. The highest BCUT2D eigenvalue weighted by Crippen LogP contribution is 2.31. The SMILES string of the molecule is CC1(C)OCCO1.COc1cc(-c2cc(N)ccc2C)cc(N2CCOCC2)n1. The molecule has 0 spiro atoms. The molecule has 29 heavy (non-hydrogen) atoms. The third-order valence-corrected chi connectivity index (χ3v) is 4.89. The van der Waals surface area contributed by atoms with Crippen molar-refractivity contribution in [1.82, 2.24) is 4.98 Å². The van der Waals surface area contributed by atoms with E-state index in [1.165, 1.54) is 5.56 Å². The largest absolute Gasteiger partial charge is 0.481 e. The van der Waals surface area contributed by atoms with Crippen LogP contribution in [0.1, 0.15) is 19.4 Å². The van der Waals surface area contributed by atoms with Crippen molar-refractivity contribution >= 4 is 11.5 Å². The summed E-state index contributed by atoms with van der Waals surface area (Å²) in [6.45, 7) is 10.5. The number of hydrogen-bond donors (Lipinski definition) is 1. The first-order valence-corrected chi connectivity index (χ1v) is 9.91. The van der Waals surface area contributed by atoms with E-state index in [4.69, 9.17) is 24.7 Å². The molecule has 7 nitrogen and oxygen atoms in total. The number of nitrogen functional groups attached to an aromatic ring is 1. The number of hydrogen-bond acceptors (Lipinski definition) is 7. The summed E-state index contributed by atoms with van der Waals surface area (Å²) in [4.78, 5) is 6.79. The number of nitrogens with two attached hydrogens (primary N) is 1. The maximum atomic E-state index is 5.94. The summed E-state index contributed by atoms with van der Waals surface area (Å²) in [5.74, 6) is 1.22. The lowest BCUT2D eigenvalue weighted by molar-refractivity contribution is -0.125. The Morgan fingerprint density at radius 3 is 2.31 bits per heavy atom. The Balaban J connectivity index is 0.000000290. The van der Waals surface area contributed by atoms with Crippen molar-refractivity contribution in [3.05, 3.63) is 35.9 Å². The fourth-order valence-electron chi connectivity index (χ4n) is 3.27. The van der Waals surface area contributed by atoms with Gasteiger partial charge in [0, 0.05) is 24.8 Å². The van der Waals surface area contributed by atoms with Gasteiger partial charge in [-0.3, -0.25) is 0 Å². The number of nitrogens with zero attached hydrogens (tertiary/aromatic N) is 2. The van der Waals surface area contributed by atoms with Crippen molar-refractivity contribution in [2.75, 3.05) is 57.3 Å². The van der Waals surface area contributed by atoms with Gasteiger partial charge in [0.15, 0.2) is 5.79 Å². The zero-order chi connectivity index (χ0) is 20.9. The summed E-state index contributed by atoms with van der Waals surface area (Å²) < 4.78 is 21.0. The van der Waals surface area contributed by atoms with Crippen LogP contribution in [0.5, 0.6) is 5.88 Å². The van der Waals surface area contributed by atoms with E-state index >= 15 is 0 Å². The Morgan fingerprint density at radius 2 is 1.72 bits per heavy atom. The number of rotatable bonds is 3. The molecule has 3 heterocycles. The molecule has 0 radical (unpaired) electrons. The van der Waals surface area contributed by atoms with Crippen LogP contribution in [0.15, 0.2) is 30.3 Å². The van der Waals surface area contributed by atoms with Crippen molar-refractivity contribution in [3.8, 4) is 17.0 Å². The second-order valence-corrected chi connectivity index (χ2v) is 7.53. The van der Waals surface area contributed by atoms with E-state index in [9.17, 15) is 0 Å². The minimum atomic E-state index is -0.306. The summed E-state index contributed by atoms with van der Waals surface area (Å²) in [6.07, 6.45) is 0. The average molecular weight is 402 g/mol. The normalized spacial score (nSPS) is 18.1. The van der Waals surface area contributed by atoms with Gasteiger partial charge >= 0.3 is 0 Å². The van der Waals surface area contributed by atoms with Crippen molar-refractivity contribution in [2.45, 2.75) is 26.6 Å². The van der Waals surface area contributed by atoms with Crippen LogP contribution in [-0.4, -0.2) is 57.4 Å². The lowest BCUT2D eigenvalue weighted by atomic mass is 10.0. The Labute approximate surface area is 172 Å². The molecule has 2 aromatic rings. The molecule has 0 aliphatic carbocycles. The van der Waals surface area contributed by atoms with Crippen molar-refractivity contribution in [2.24, 2.45) is 0 Å². The Hall–Kier alpha value is -2.35. The monoisotopic (exact) mass is 401 g/mol. The van der Waals surface area contributed by atoms with Gasteiger partial charge in [-0.2, -0.15) is 4.98 Å². The van der Waals surface area contributed by atoms with E-state index in [0.717, 1.165) is 62.1 Å². The molecule has 0 amide bonds. The van der Waals surface area contributed by atoms with Gasteiger partial charge in [-0.15, -0.1) is 0 Å². The summed E-state index contributed by atoms with van der Waals surface area (Å²) >= 11 is 0. The van der Waals surface area contributed by atoms with Gasteiger partial charge in [0.25, 0.3) is 0 Å². The first-order valence-electron chi connectivity index (χ1n) is 9.91. The first kappa shape index (κ1) is 21.4. The highest BCUT2D eigenvalue weighted by molar-refractivity contribution is 5.74. The zero-order valence-corrected chi connectivity index (χ0v) is 17.7. The molecule has 158 valence electrons. The van der Waals surface area contributed by atoms with E-state index in [2.05, 4.69) is 22.9 Å². The van der Waals surface area contributed by atoms with Gasteiger partial charge in [0.05, 0.1) is 33.5 Å². The van der Waals surface area contributed by atoms with E-state index in [1.54, 1.807) is 7.11 Å². The predicted molar refractivity (Wildman–Crippen MR) is 114 cm³/mol. The minimum absolute atomic E-state index is 0.306. The number of anilines is 2. The second kappa shape index (κ2) is 9.43. The van der Waals surface area contributed by atoms with Crippen LogP contribution in [0.2, 0.25) is 0 Å². The molecule has 1 aromatic carbocycles. The standard InChI is InChI=1S/C17H21N3O2.C5H10O2/c1-12-3-4-14(18)11-15(12)13-9-16(19-17(10-13)21-2)20-5-7-22-8-6-20;1-5(2)6-3-4-7-5/h3-4,9-11H,5-8,18H2,1-2H3;3-4H2,1-2H3. The average Bonchev–Trinajstić information content (AvgIpc) is 3.14. The quantitative estimate of drug-likeness (QED) is 0.791. The summed E-state index contributed by atoms with van der Waals surface area (Å²) in [6, 6.07) is 9.99. The van der Waals surface area contributed by atoms with Gasteiger partial charge in [0.1, 0.15) is 5.82 Å². The zero-order valence-electron chi connectivity index (χ0n) is 17.7. The van der Waals surface area contributed by atoms with Crippen LogP contribution >= 0.6 is 0 Å². The smallest absolute Gasteiger partial charge is 0.215 e. The maximum Gasteiger partial charge on any atom is 0.215 e. The fraction of sp³-hybridized carbons (Fsp3) is 0.500. The Kier molecular flexibility index (Phi) is 6.95. The van der Waals surface area contributed by atoms with Gasteiger partial charge in [-0.05, 0) is 55.7 Å². The van der Waals surface area contributed by atoms with E-state index < -0.39 is 0 Å². The molecule has 0 bridgehead atoms. The number of benzene rings is 1. The van der Waals surface area contributed by atoms with Crippen molar-refractivity contribution < 1.29 is 18.9 Å². The van der Waals surface area contributed by atoms with Crippen LogP contribution in [0.3, 0.4) is 0 Å². The fourth-order valence-corrected chi connectivity index (χ4v) is 3.27. The number of methoxy groups -OCH3 is 1. The van der Waals surface area contributed by atoms with Crippen molar-refractivity contribution in [3.63, 3.8) is 0 Å². The van der Waals surface area contributed by atoms with Crippen LogP contribution in [0, 0.1) is 6.92 Å². The Bertz CT molecular complexity index is 812. The van der Waals surface area contributed by atoms with Crippen LogP contribution in [0.25, 0.3) is 11.1 Å². The molecule has 2 aliphatic rings. The van der Waals surface area contributed by atoms with E-state index in [1.807, 2.05) is 38.1 Å². The van der Waals surface area contributed by atoms with Crippen molar-refractivity contribution in [1.29, 1.82) is 0 Å². The number of aromatic nitrogens is 1. The molecule has 0 atom stereocenters. The number of morpholine rings is 1. The van der Waals surface area contributed by atoms with Crippen LogP contribution in [0.4, 0.5) is 11.5 Å². The predicted octanol–water partition coefficient (Wildman–Crippen LogP) is 3.25. The van der Waals surface area contributed by atoms with Gasteiger partial charge in [-0.25, -0.2) is 0 Å². The third kappa shape index (κ3) is 5.82. The first-order chi connectivity index (χ1) is 13.9. The molecule has 7 heteroatoms. The molecule has 2 N–H and O–H groups in total. The lowest BCUT2D eigenvalue weighted by Gasteiger charge is -2.28. The molecule has 0 unspecified atom stereocenters. The number of pyridine rings is 1. The number of ether oxygens (including phenoxy) is 4. The highest BCUT2D eigenvalue weighted by atomic mass is 16.7. The van der Waals surface area contributed by atoms with Crippen LogP contribution < -0.4 is 15.4 Å². The molecule has 2 aliphatic heterocycles. The molecule has 1 aromatic heterocycles. The Morgan fingerprint density at radius 1 is 1.03 bits per heavy atom. The minimum Gasteiger partial charge on any atom is -0.481 e. The maximum absolute atomic E-state index is 5.94. The van der Waals surface area contributed by atoms with E-state index in [0.29, 0.717) is 5.88 Å². The molecular formula is C22H31N3O4. The number of aryl methyl sites for hydroxylation is 1. The molecule has 2 fully saturated rings. The van der Waals surface area contributed by atoms with Gasteiger partial charge in [0.2, 0.25) is 5.88 Å². The van der Waals surface area contributed by atoms with Gasteiger partial charge < -0.3 is 29.6 Å². The summed E-state index contributed by atoms with van der Waals surface area (Å²) in [5, 5.41) is 0. The third-order valence-electron chi connectivity index (χ3n) is 4.89. The van der Waals surface area contributed by atoms with Crippen LogP contribution in [-0.2, 0) is 14.2 Å². The second-order valence-electron chi connectivity index (χ2n) is 7.53. The molecule has 0 saturated carbocycles. The summed E-state index contributed by atoms with van der Waals surface area (Å²) in [7, 11) is 1.64.